The molecule has 140 valence electrons. The van der Waals surface area contributed by atoms with Crippen molar-refractivity contribution in [3.05, 3.63) is 47.5 Å². The van der Waals surface area contributed by atoms with E-state index in [1.807, 2.05) is 34.9 Å². The Morgan fingerprint density at radius 1 is 1.37 bits per heavy atom. The Hall–Kier alpha value is -3.13. The molecule has 4 rings (SSSR count). The number of fused-ring (bicyclic) bond motifs is 1. The minimum absolute atomic E-state index is 0.0905. The van der Waals surface area contributed by atoms with Crippen molar-refractivity contribution in [3.8, 4) is 0 Å². The number of amides is 2. The number of carbonyl (C=O) groups excluding carboxylic acids is 2. The lowest BCUT2D eigenvalue weighted by Gasteiger charge is -2.21. The van der Waals surface area contributed by atoms with E-state index in [4.69, 9.17) is 4.74 Å². The number of ether oxygens (including phenoxy) is 1. The summed E-state index contributed by atoms with van der Waals surface area (Å²) in [5.74, 6) is 0.506. The molecule has 0 radical (unpaired) electrons. The molecule has 0 aliphatic carbocycles. The monoisotopic (exact) mass is 368 g/mol. The van der Waals surface area contributed by atoms with Gasteiger partial charge in [-0.25, -0.2) is 9.78 Å². The molecule has 1 atom stereocenters. The Labute approximate surface area is 156 Å². The Kier molecular flexibility index (Phi) is 4.41. The van der Waals surface area contributed by atoms with Crippen molar-refractivity contribution in [2.75, 3.05) is 18.1 Å². The predicted molar refractivity (Wildman–Crippen MR) is 98.8 cm³/mol. The number of hydrogen-bond acceptors (Lipinski definition) is 5. The van der Waals surface area contributed by atoms with Crippen LogP contribution in [0.5, 0.6) is 0 Å². The summed E-state index contributed by atoms with van der Waals surface area (Å²) in [6.07, 6.45) is 3.39. The van der Waals surface area contributed by atoms with E-state index in [9.17, 15) is 14.7 Å². The van der Waals surface area contributed by atoms with Gasteiger partial charge in [-0.05, 0) is 29.3 Å². The second-order valence-electron chi connectivity index (χ2n) is 6.60. The van der Waals surface area contributed by atoms with Crippen LogP contribution in [-0.2, 0) is 22.7 Å². The summed E-state index contributed by atoms with van der Waals surface area (Å²) in [7, 11) is 0. The topological polar surface area (TPSA) is 96.7 Å². The number of rotatable bonds is 5. The fourth-order valence-corrected chi connectivity index (χ4v) is 3.45. The molecule has 2 amide bonds. The zero-order valence-electron chi connectivity index (χ0n) is 14.9. The van der Waals surface area contributed by atoms with Crippen molar-refractivity contribution in [1.82, 2.24) is 14.9 Å². The summed E-state index contributed by atoms with van der Waals surface area (Å²) in [6, 6.07) is 7.45. The van der Waals surface area contributed by atoms with Crippen LogP contribution in [0.3, 0.4) is 0 Å². The van der Waals surface area contributed by atoms with Gasteiger partial charge in [-0.2, -0.15) is 0 Å². The van der Waals surface area contributed by atoms with E-state index in [0.29, 0.717) is 18.9 Å². The molecule has 1 fully saturated rings. The van der Waals surface area contributed by atoms with Gasteiger partial charge in [0.25, 0.3) is 0 Å². The van der Waals surface area contributed by atoms with Crippen LogP contribution in [-0.4, -0.2) is 45.9 Å². The summed E-state index contributed by atoms with van der Waals surface area (Å²) in [6.45, 7) is 2.60. The van der Waals surface area contributed by atoms with Crippen molar-refractivity contribution in [1.29, 1.82) is 0 Å². The van der Waals surface area contributed by atoms with E-state index in [2.05, 4.69) is 10.3 Å². The van der Waals surface area contributed by atoms with Crippen LogP contribution >= 0.6 is 0 Å². The zero-order valence-corrected chi connectivity index (χ0v) is 14.9. The molecule has 1 unspecified atom stereocenters. The SMILES string of the molecule is CC(=O)NCC1COC(=O)N1c1ccc(C2=Cc3cnc(CO)n3C2)cc1. The first-order valence-electron chi connectivity index (χ1n) is 8.73. The number of benzene rings is 1. The smallest absolute Gasteiger partial charge is 0.414 e. The molecule has 8 heteroatoms. The second kappa shape index (κ2) is 6.88. The molecule has 2 aliphatic heterocycles. The van der Waals surface area contributed by atoms with Crippen molar-refractivity contribution in [3.63, 3.8) is 0 Å². The van der Waals surface area contributed by atoms with Gasteiger partial charge in [0.1, 0.15) is 19.0 Å². The van der Waals surface area contributed by atoms with Crippen molar-refractivity contribution < 1.29 is 19.4 Å². The van der Waals surface area contributed by atoms with Gasteiger partial charge >= 0.3 is 6.09 Å². The van der Waals surface area contributed by atoms with Crippen LogP contribution in [0.25, 0.3) is 11.6 Å². The highest BCUT2D eigenvalue weighted by molar-refractivity contribution is 5.91. The van der Waals surface area contributed by atoms with E-state index < -0.39 is 6.09 Å². The van der Waals surface area contributed by atoms with Gasteiger partial charge in [0.05, 0.1) is 24.5 Å². The molecule has 2 aromatic rings. The Bertz CT molecular complexity index is 916. The van der Waals surface area contributed by atoms with Gasteiger partial charge in [0, 0.05) is 19.2 Å². The molecule has 2 aliphatic rings. The number of aliphatic hydroxyl groups is 1. The minimum atomic E-state index is -0.409. The fourth-order valence-electron chi connectivity index (χ4n) is 3.45. The van der Waals surface area contributed by atoms with E-state index in [0.717, 1.165) is 22.5 Å². The molecular formula is C19H20N4O4. The number of cyclic esters (lactones) is 1. The number of carbonyl (C=O) groups is 2. The maximum atomic E-state index is 12.1. The summed E-state index contributed by atoms with van der Waals surface area (Å²) in [5, 5.41) is 12.1. The first-order chi connectivity index (χ1) is 13.1. The van der Waals surface area contributed by atoms with Crippen LogP contribution in [0.1, 0.15) is 24.0 Å². The fraction of sp³-hybridized carbons (Fsp3) is 0.316. The molecule has 0 spiro atoms. The number of aromatic nitrogens is 2. The van der Waals surface area contributed by atoms with E-state index in [1.165, 1.54) is 6.92 Å². The highest BCUT2D eigenvalue weighted by atomic mass is 16.6. The number of nitrogens with one attached hydrogen (secondary N) is 1. The summed E-state index contributed by atoms with van der Waals surface area (Å²) >= 11 is 0. The molecule has 2 N–H and O–H groups in total. The third-order valence-electron chi connectivity index (χ3n) is 4.83. The Balaban J connectivity index is 1.51. The molecule has 0 bridgehead atoms. The van der Waals surface area contributed by atoms with Gasteiger partial charge in [-0.3, -0.25) is 9.69 Å². The average molecular weight is 368 g/mol. The van der Waals surface area contributed by atoms with Gasteiger partial charge in [-0.15, -0.1) is 0 Å². The number of allylic oxidation sites excluding steroid dienone is 1. The third-order valence-corrected chi connectivity index (χ3v) is 4.83. The van der Waals surface area contributed by atoms with Crippen LogP contribution < -0.4 is 10.2 Å². The van der Waals surface area contributed by atoms with E-state index in [-0.39, 0.29) is 25.2 Å². The quantitative estimate of drug-likeness (QED) is 0.831. The number of nitrogens with zero attached hydrogens (tertiary/aromatic N) is 3. The first kappa shape index (κ1) is 17.3. The summed E-state index contributed by atoms with van der Waals surface area (Å²) in [5.41, 5.74) is 3.86. The molecule has 1 saturated heterocycles. The van der Waals surface area contributed by atoms with E-state index in [1.54, 1.807) is 11.1 Å². The highest BCUT2D eigenvalue weighted by Crippen LogP contribution is 2.30. The zero-order chi connectivity index (χ0) is 19.0. The van der Waals surface area contributed by atoms with Crippen LogP contribution in [0.4, 0.5) is 10.5 Å². The minimum Gasteiger partial charge on any atom is -0.447 e. The largest absolute Gasteiger partial charge is 0.447 e. The van der Waals surface area contributed by atoms with Crippen LogP contribution in [0.15, 0.2) is 30.5 Å². The maximum Gasteiger partial charge on any atom is 0.414 e. The Morgan fingerprint density at radius 2 is 2.15 bits per heavy atom. The molecule has 8 nitrogen and oxygen atoms in total. The number of anilines is 1. The number of aliphatic hydroxyl groups excluding tert-OH is 1. The molecule has 27 heavy (non-hydrogen) atoms. The Morgan fingerprint density at radius 3 is 2.85 bits per heavy atom. The summed E-state index contributed by atoms with van der Waals surface area (Å²) in [4.78, 5) is 29.0. The van der Waals surface area contributed by atoms with Gasteiger partial charge in [0.15, 0.2) is 0 Å². The van der Waals surface area contributed by atoms with Gasteiger partial charge in [-0.1, -0.05) is 12.1 Å². The number of imidazole rings is 1. The standard InChI is InChI=1S/C19H20N4O4/c1-12(25)20-8-17-11-27-19(26)23(17)15-4-2-13(3-5-15)14-6-16-7-21-18(10-24)22(16)9-14/h2-7,17,24H,8-11H2,1H3,(H,20,25). The first-order valence-corrected chi connectivity index (χ1v) is 8.73. The second-order valence-corrected chi connectivity index (χ2v) is 6.60. The molecule has 0 saturated carbocycles. The average Bonchev–Trinajstić information content (AvgIpc) is 3.34. The normalized spacial score (nSPS) is 18.3. The lowest BCUT2D eigenvalue weighted by Crippen LogP contribution is -2.42. The molecule has 1 aromatic carbocycles. The molecule has 1 aromatic heterocycles. The lowest BCUT2D eigenvalue weighted by molar-refractivity contribution is -0.119. The van der Waals surface area contributed by atoms with Gasteiger partial charge in [0.2, 0.25) is 5.91 Å². The maximum absolute atomic E-state index is 12.1. The van der Waals surface area contributed by atoms with Crippen molar-refractivity contribution >= 4 is 29.3 Å². The lowest BCUT2D eigenvalue weighted by atomic mass is 10.1. The number of hydrogen-bond donors (Lipinski definition) is 2. The van der Waals surface area contributed by atoms with Crippen LogP contribution in [0.2, 0.25) is 0 Å². The predicted octanol–water partition coefficient (Wildman–Crippen LogP) is 1.39. The summed E-state index contributed by atoms with van der Waals surface area (Å²) < 4.78 is 7.12. The van der Waals surface area contributed by atoms with Gasteiger partial charge < -0.3 is 19.7 Å². The molecule has 3 heterocycles. The highest BCUT2D eigenvalue weighted by Gasteiger charge is 2.34. The van der Waals surface area contributed by atoms with E-state index >= 15 is 0 Å². The van der Waals surface area contributed by atoms with Crippen LogP contribution in [0, 0.1) is 0 Å². The third kappa shape index (κ3) is 3.19. The van der Waals surface area contributed by atoms with Crippen molar-refractivity contribution in [2.45, 2.75) is 26.1 Å². The van der Waals surface area contributed by atoms with Crippen molar-refractivity contribution in [2.24, 2.45) is 0 Å². The molecular weight excluding hydrogens is 348 g/mol.